The summed E-state index contributed by atoms with van der Waals surface area (Å²) < 4.78 is 18.7. The highest BCUT2D eigenvalue weighted by atomic mass is 32.1. The van der Waals surface area contributed by atoms with Gasteiger partial charge in [-0.1, -0.05) is 45.7 Å². The van der Waals surface area contributed by atoms with Gasteiger partial charge in [-0.05, 0) is 68.8 Å². The van der Waals surface area contributed by atoms with Crippen LogP contribution in [0.15, 0.2) is 22.7 Å². The third-order valence-corrected chi connectivity index (χ3v) is 8.62. The van der Waals surface area contributed by atoms with Crippen LogP contribution in [-0.2, 0) is 12.8 Å². The second kappa shape index (κ2) is 14.2. The lowest BCUT2D eigenvalue weighted by atomic mass is 9.95. The van der Waals surface area contributed by atoms with Gasteiger partial charge in [0.15, 0.2) is 11.5 Å². The summed E-state index contributed by atoms with van der Waals surface area (Å²) in [6.07, 6.45) is 6.03. The summed E-state index contributed by atoms with van der Waals surface area (Å²) in [7, 11) is 2.17. The molecule has 1 aliphatic rings. The normalized spacial score (nSPS) is 13.8. The number of carbonyl (C=O) groups excluding carboxylic acids is 1. The number of likely N-dealkylation sites (N-methyl/N-ethyl adjacent to an activating group) is 1. The number of nitrogens with one attached hydrogen (secondary N) is 1. The van der Waals surface area contributed by atoms with Gasteiger partial charge in [0.25, 0.3) is 5.91 Å². The van der Waals surface area contributed by atoms with E-state index in [4.69, 9.17) is 14.0 Å². The van der Waals surface area contributed by atoms with Crippen LogP contribution >= 0.6 is 11.3 Å². The maximum absolute atomic E-state index is 13.2. The monoisotopic (exact) mass is 567 g/mol. The number of nitrogens with zero attached hydrogens (tertiary/aromatic N) is 2. The molecule has 218 valence electrons. The summed E-state index contributed by atoms with van der Waals surface area (Å²) in [5.41, 5.74) is 4.30. The zero-order valence-electron chi connectivity index (χ0n) is 25.0. The first-order valence-electron chi connectivity index (χ1n) is 14.9. The summed E-state index contributed by atoms with van der Waals surface area (Å²) in [4.78, 5) is 18.0. The standard InChI is InChI=1S/C32H45N3O4S/c1-7-10-16-37-25-20-26(38-17-11-8-2)24(19-23(25)21(4)5)31-29(30(34-39-31)32(36)33-9-3)28-18-22-12-14-35(6)15-13-27(22)40-28/h18-21H,7-17H2,1-6H3,(H,33,36). The first kappa shape index (κ1) is 30.1. The van der Waals surface area contributed by atoms with Crippen molar-refractivity contribution in [1.29, 1.82) is 0 Å². The lowest BCUT2D eigenvalue weighted by Crippen LogP contribution is -2.23. The Labute approximate surface area is 243 Å². The molecule has 8 heteroatoms. The molecule has 1 N–H and O–H groups in total. The number of unbranched alkanes of at least 4 members (excludes halogenated alkanes) is 2. The molecule has 0 radical (unpaired) electrons. The first-order chi connectivity index (χ1) is 19.4. The van der Waals surface area contributed by atoms with Crippen LogP contribution in [0.1, 0.15) is 92.7 Å². The maximum atomic E-state index is 13.2. The van der Waals surface area contributed by atoms with E-state index in [1.807, 2.05) is 13.0 Å². The van der Waals surface area contributed by atoms with Crippen LogP contribution in [0.25, 0.3) is 21.8 Å². The van der Waals surface area contributed by atoms with E-state index in [1.165, 1.54) is 10.4 Å². The van der Waals surface area contributed by atoms with Gasteiger partial charge in [-0.2, -0.15) is 0 Å². The second-order valence-corrected chi connectivity index (χ2v) is 12.0. The van der Waals surface area contributed by atoms with Gasteiger partial charge >= 0.3 is 0 Å². The molecule has 1 amide bonds. The molecule has 0 unspecified atom stereocenters. The van der Waals surface area contributed by atoms with E-state index in [9.17, 15) is 4.79 Å². The van der Waals surface area contributed by atoms with E-state index in [0.717, 1.165) is 78.9 Å². The lowest BCUT2D eigenvalue weighted by Gasteiger charge is -2.19. The Kier molecular flexibility index (Phi) is 10.7. The molecule has 0 fully saturated rings. The number of carbonyl (C=O) groups is 1. The molecule has 2 aromatic heterocycles. The topological polar surface area (TPSA) is 76.8 Å². The smallest absolute Gasteiger partial charge is 0.274 e. The van der Waals surface area contributed by atoms with Crippen molar-refractivity contribution in [3.63, 3.8) is 0 Å². The molecule has 0 spiro atoms. The minimum absolute atomic E-state index is 0.226. The lowest BCUT2D eigenvalue weighted by molar-refractivity contribution is 0.0947. The molecule has 0 saturated heterocycles. The third kappa shape index (κ3) is 6.89. The fourth-order valence-electron chi connectivity index (χ4n) is 4.93. The number of amides is 1. The number of rotatable bonds is 13. The number of fused-ring (bicyclic) bond motifs is 1. The average Bonchev–Trinajstić information content (AvgIpc) is 3.51. The Bertz CT molecular complexity index is 1250. The van der Waals surface area contributed by atoms with Crippen molar-refractivity contribution in [2.75, 3.05) is 39.9 Å². The highest BCUT2D eigenvalue weighted by Gasteiger charge is 2.30. The molecule has 0 bridgehead atoms. The van der Waals surface area contributed by atoms with Crippen LogP contribution in [0.4, 0.5) is 0 Å². The largest absolute Gasteiger partial charge is 0.493 e. The summed E-state index contributed by atoms with van der Waals surface area (Å²) in [5, 5.41) is 7.27. The summed E-state index contributed by atoms with van der Waals surface area (Å²) in [6, 6.07) is 6.36. The van der Waals surface area contributed by atoms with Crippen molar-refractivity contribution >= 4 is 17.2 Å². The molecular weight excluding hydrogens is 522 g/mol. The van der Waals surface area contributed by atoms with Crippen molar-refractivity contribution in [1.82, 2.24) is 15.4 Å². The molecule has 0 aliphatic carbocycles. The van der Waals surface area contributed by atoms with E-state index in [-0.39, 0.29) is 11.8 Å². The molecule has 3 aromatic rings. The number of ether oxygens (including phenoxy) is 2. The molecule has 3 heterocycles. The number of hydrogen-bond donors (Lipinski definition) is 1. The Balaban J connectivity index is 1.88. The van der Waals surface area contributed by atoms with Crippen molar-refractivity contribution in [2.45, 2.75) is 79.1 Å². The highest BCUT2D eigenvalue weighted by molar-refractivity contribution is 7.15. The predicted octanol–water partition coefficient (Wildman–Crippen LogP) is 7.33. The third-order valence-electron chi connectivity index (χ3n) is 7.36. The van der Waals surface area contributed by atoms with Crippen LogP contribution in [0.3, 0.4) is 0 Å². The van der Waals surface area contributed by atoms with Gasteiger partial charge in [-0.25, -0.2) is 0 Å². The van der Waals surface area contributed by atoms with Gasteiger partial charge in [-0.15, -0.1) is 11.3 Å². The van der Waals surface area contributed by atoms with Crippen LogP contribution in [0.2, 0.25) is 0 Å². The Morgan fingerprint density at radius 1 is 1.05 bits per heavy atom. The average molecular weight is 568 g/mol. The quantitative estimate of drug-likeness (QED) is 0.218. The van der Waals surface area contributed by atoms with Gasteiger partial charge in [0.1, 0.15) is 11.5 Å². The molecule has 40 heavy (non-hydrogen) atoms. The zero-order chi connectivity index (χ0) is 28.6. The van der Waals surface area contributed by atoms with Crippen molar-refractivity contribution < 1.29 is 18.8 Å². The Morgan fingerprint density at radius 2 is 1.75 bits per heavy atom. The van der Waals surface area contributed by atoms with Crippen molar-refractivity contribution in [2.24, 2.45) is 0 Å². The molecule has 0 atom stereocenters. The first-order valence-corrected chi connectivity index (χ1v) is 15.7. The molecule has 1 aliphatic heterocycles. The van der Waals surface area contributed by atoms with Crippen LogP contribution < -0.4 is 14.8 Å². The van der Waals surface area contributed by atoms with Crippen molar-refractivity contribution in [3.8, 4) is 33.3 Å². The van der Waals surface area contributed by atoms with Gasteiger partial charge in [0.2, 0.25) is 0 Å². The summed E-state index contributed by atoms with van der Waals surface area (Å²) in [5.74, 6) is 2.11. The molecule has 4 rings (SSSR count). The minimum atomic E-state index is -0.229. The molecular formula is C32H45N3O4S. The minimum Gasteiger partial charge on any atom is -0.493 e. The van der Waals surface area contributed by atoms with E-state index in [1.54, 1.807) is 11.3 Å². The molecule has 0 saturated carbocycles. The fourth-order valence-corrected chi connectivity index (χ4v) is 6.18. The number of aromatic nitrogens is 1. The zero-order valence-corrected chi connectivity index (χ0v) is 25.8. The predicted molar refractivity (Wildman–Crippen MR) is 163 cm³/mol. The van der Waals surface area contributed by atoms with E-state index < -0.39 is 0 Å². The van der Waals surface area contributed by atoms with E-state index in [2.05, 4.69) is 62.2 Å². The van der Waals surface area contributed by atoms with Crippen molar-refractivity contribution in [3.05, 3.63) is 39.9 Å². The molecule has 1 aromatic carbocycles. The van der Waals surface area contributed by atoms with E-state index in [0.29, 0.717) is 37.0 Å². The number of thiophene rings is 1. The maximum Gasteiger partial charge on any atom is 0.274 e. The van der Waals surface area contributed by atoms with E-state index >= 15 is 0 Å². The Morgan fingerprint density at radius 3 is 2.42 bits per heavy atom. The SMILES string of the molecule is CCCCOc1cc(OCCCC)c(C(C)C)cc1-c1onc(C(=O)NCC)c1-c1cc2c(s1)CCN(C)CC2. The number of hydrogen-bond acceptors (Lipinski definition) is 7. The van der Waals surface area contributed by atoms with Crippen LogP contribution in [0, 0.1) is 0 Å². The van der Waals surface area contributed by atoms with Crippen LogP contribution in [0.5, 0.6) is 11.5 Å². The highest BCUT2D eigenvalue weighted by Crippen LogP contribution is 2.46. The van der Waals surface area contributed by atoms with Gasteiger partial charge in [0, 0.05) is 35.5 Å². The fraction of sp³-hybridized carbons (Fsp3) is 0.562. The summed E-state index contributed by atoms with van der Waals surface area (Å²) >= 11 is 1.75. The second-order valence-electron chi connectivity index (χ2n) is 10.9. The van der Waals surface area contributed by atoms with Gasteiger partial charge in [0.05, 0.1) is 24.3 Å². The summed E-state index contributed by atoms with van der Waals surface area (Å²) in [6.45, 7) is 14.4. The van der Waals surface area contributed by atoms with Gasteiger partial charge in [-0.3, -0.25) is 4.79 Å². The van der Waals surface area contributed by atoms with Gasteiger partial charge < -0.3 is 24.2 Å². The molecule has 7 nitrogen and oxygen atoms in total. The Hall–Kier alpha value is -2.84. The van der Waals surface area contributed by atoms with Crippen LogP contribution in [-0.4, -0.2) is 55.9 Å². The number of benzene rings is 1.